The number of carboxylic acids is 1. The Morgan fingerprint density at radius 3 is 2.53 bits per heavy atom. The van der Waals surface area contributed by atoms with Crippen molar-refractivity contribution in [2.45, 2.75) is 58.5 Å². The van der Waals surface area contributed by atoms with Crippen molar-refractivity contribution in [3.8, 4) is 0 Å². The van der Waals surface area contributed by atoms with Gasteiger partial charge in [-0.05, 0) is 32.6 Å². The summed E-state index contributed by atoms with van der Waals surface area (Å²) in [4.78, 5) is 10.5. The van der Waals surface area contributed by atoms with Crippen LogP contribution < -0.4 is 0 Å². The van der Waals surface area contributed by atoms with Crippen molar-refractivity contribution in [2.24, 2.45) is 5.92 Å². The van der Waals surface area contributed by atoms with E-state index in [0.29, 0.717) is 13.0 Å². The largest absolute Gasteiger partial charge is 0.481 e. The number of carboxylic acid groups (broad SMARTS) is 1. The lowest BCUT2D eigenvalue weighted by Crippen LogP contribution is -2.25. The van der Waals surface area contributed by atoms with E-state index in [2.05, 4.69) is 0 Å². The number of carbonyl (C=O) groups is 1. The summed E-state index contributed by atoms with van der Waals surface area (Å²) >= 11 is 0. The summed E-state index contributed by atoms with van der Waals surface area (Å²) in [5.41, 5.74) is -0.182. The highest BCUT2D eigenvalue weighted by molar-refractivity contribution is 5.66. The summed E-state index contributed by atoms with van der Waals surface area (Å²) in [6.07, 6.45) is 3.71. The fraction of sp³-hybridized carbons (Fsp3) is 0.923. The molecule has 4 heteroatoms. The molecule has 17 heavy (non-hydrogen) atoms. The molecule has 1 unspecified atom stereocenters. The number of aliphatic hydroxyl groups is 1. The van der Waals surface area contributed by atoms with E-state index in [1.54, 1.807) is 0 Å². The van der Waals surface area contributed by atoms with Gasteiger partial charge in [-0.1, -0.05) is 19.8 Å². The van der Waals surface area contributed by atoms with Crippen LogP contribution in [0.4, 0.5) is 0 Å². The van der Waals surface area contributed by atoms with Gasteiger partial charge in [0.1, 0.15) is 0 Å². The summed E-state index contributed by atoms with van der Waals surface area (Å²) in [5, 5.41) is 17.3. The molecule has 0 rings (SSSR count). The molecule has 0 aromatic heterocycles. The van der Waals surface area contributed by atoms with E-state index in [4.69, 9.17) is 14.9 Å². The minimum Gasteiger partial charge on any atom is -0.481 e. The molecule has 102 valence electrons. The second kappa shape index (κ2) is 8.48. The Morgan fingerprint density at radius 1 is 1.35 bits per heavy atom. The molecular weight excluding hydrogens is 220 g/mol. The van der Waals surface area contributed by atoms with E-state index in [1.165, 1.54) is 0 Å². The Hall–Kier alpha value is -0.610. The summed E-state index contributed by atoms with van der Waals surface area (Å²) < 4.78 is 5.66. The van der Waals surface area contributed by atoms with Crippen LogP contribution >= 0.6 is 0 Å². The average molecular weight is 246 g/mol. The molecular formula is C13H26O4. The lowest BCUT2D eigenvalue weighted by atomic mass is 9.95. The topological polar surface area (TPSA) is 66.8 Å². The Labute approximate surface area is 104 Å². The molecule has 2 N–H and O–H groups in total. The Bertz CT molecular complexity index is 213. The summed E-state index contributed by atoms with van der Waals surface area (Å²) in [6, 6.07) is 0. The van der Waals surface area contributed by atoms with Crippen molar-refractivity contribution < 1.29 is 19.7 Å². The third-order valence-corrected chi connectivity index (χ3v) is 2.79. The van der Waals surface area contributed by atoms with Gasteiger partial charge in [0.25, 0.3) is 0 Å². The predicted molar refractivity (Wildman–Crippen MR) is 67.0 cm³/mol. The van der Waals surface area contributed by atoms with Crippen LogP contribution in [-0.4, -0.2) is 35.0 Å². The van der Waals surface area contributed by atoms with E-state index in [1.807, 2.05) is 20.8 Å². The number of hydrogen-bond acceptors (Lipinski definition) is 3. The van der Waals surface area contributed by atoms with E-state index < -0.39 is 5.97 Å². The minimum absolute atomic E-state index is 0.158. The Balaban J connectivity index is 3.67. The summed E-state index contributed by atoms with van der Waals surface area (Å²) in [7, 11) is 0. The smallest absolute Gasteiger partial charge is 0.303 e. The molecule has 0 amide bonds. The van der Waals surface area contributed by atoms with E-state index in [0.717, 1.165) is 19.3 Å². The van der Waals surface area contributed by atoms with Crippen LogP contribution in [0.25, 0.3) is 0 Å². The van der Waals surface area contributed by atoms with Gasteiger partial charge in [0.15, 0.2) is 0 Å². The van der Waals surface area contributed by atoms with Gasteiger partial charge in [0, 0.05) is 19.6 Å². The molecule has 0 bridgehead atoms. The highest BCUT2D eigenvalue weighted by Gasteiger charge is 2.18. The van der Waals surface area contributed by atoms with Gasteiger partial charge in [-0.3, -0.25) is 4.79 Å². The molecule has 0 saturated carbocycles. The molecule has 0 fully saturated rings. The van der Waals surface area contributed by atoms with Gasteiger partial charge in [-0.2, -0.15) is 0 Å². The lowest BCUT2D eigenvalue weighted by Gasteiger charge is -2.25. The zero-order valence-corrected chi connectivity index (χ0v) is 11.2. The van der Waals surface area contributed by atoms with Gasteiger partial charge >= 0.3 is 5.97 Å². The lowest BCUT2D eigenvalue weighted by molar-refractivity contribution is -0.138. The van der Waals surface area contributed by atoms with Crippen molar-refractivity contribution >= 4 is 5.97 Å². The first-order valence-corrected chi connectivity index (χ1v) is 6.34. The monoisotopic (exact) mass is 246 g/mol. The average Bonchev–Trinajstić information content (AvgIpc) is 2.16. The number of aliphatic carboxylic acids is 1. The maximum atomic E-state index is 10.5. The first kappa shape index (κ1) is 16.4. The molecule has 0 saturated heterocycles. The zero-order chi connectivity index (χ0) is 13.3. The quantitative estimate of drug-likeness (QED) is 0.581. The third kappa shape index (κ3) is 10.3. The molecule has 0 aromatic carbocycles. The maximum absolute atomic E-state index is 10.5. The van der Waals surface area contributed by atoms with Crippen LogP contribution in [0.1, 0.15) is 52.9 Å². The van der Waals surface area contributed by atoms with Crippen LogP contribution in [-0.2, 0) is 9.53 Å². The SMILES string of the molecule is CC(CCCC(C)(C)OCCCO)CC(=O)O. The summed E-state index contributed by atoms with van der Waals surface area (Å²) in [5.74, 6) is -0.503. The molecule has 0 aliphatic rings. The van der Waals surface area contributed by atoms with E-state index in [-0.39, 0.29) is 24.5 Å². The van der Waals surface area contributed by atoms with Gasteiger partial charge in [-0.25, -0.2) is 0 Å². The van der Waals surface area contributed by atoms with Crippen LogP contribution in [0.5, 0.6) is 0 Å². The van der Waals surface area contributed by atoms with E-state index >= 15 is 0 Å². The summed E-state index contributed by atoms with van der Waals surface area (Å²) in [6.45, 7) is 6.77. The van der Waals surface area contributed by atoms with Crippen LogP contribution in [0.15, 0.2) is 0 Å². The normalized spacial score (nSPS) is 13.6. The van der Waals surface area contributed by atoms with Crippen LogP contribution in [0.3, 0.4) is 0 Å². The van der Waals surface area contributed by atoms with Gasteiger partial charge < -0.3 is 14.9 Å². The van der Waals surface area contributed by atoms with Crippen LogP contribution in [0.2, 0.25) is 0 Å². The Kier molecular flexibility index (Phi) is 8.17. The van der Waals surface area contributed by atoms with Crippen molar-refractivity contribution in [2.75, 3.05) is 13.2 Å². The van der Waals surface area contributed by atoms with Gasteiger partial charge in [0.05, 0.1) is 5.60 Å². The van der Waals surface area contributed by atoms with Crippen LogP contribution in [0, 0.1) is 5.92 Å². The van der Waals surface area contributed by atoms with E-state index in [9.17, 15) is 4.79 Å². The fourth-order valence-corrected chi connectivity index (χ4v) is 1.76. The number of ether oxygens (including phenoxy) is 1. The van der Waals surface area contributed by atoms with Gasteiger partial charge in [-0.15, -0.1) is 0 Å². The molecule has 1 atom stereocenters. The van der Waals surface area contributed by atoms with Crippen molar-refractivity contribution in [3.05, 3.63) is 0 Å². The number of hydrogen-bond donors (Lipinski definition) is 2. The standard InChI is InChI=1S/C13H26O4/c1-11(10-12(15)16)6-4-7-13(2,3)17-9-5-8-14/h11,14H,4-10H2,1-3H3,(H,15,16). The van der Waals surface area contributed by atoms with Gasteiger partial charge in [0.2, 0.25) is 0 Å². The fourth-order valence-electron chi connectivity index (χ4n) is 1.76. The number of rotatable bonds is 10. The molecule has 4 nitrogen and oxygen atoms in total. The maximum Gasteiger partial charge on any atom is 0.303 e. The zero-order valence-electron chi connectivity index (χ0n) is 11.2. The minimum atomic E-state index is -0.726. The highest BCUT2D eigenvalue weighted by atomic mass is 16.5. The highest BCUT2D eigenvalue weighted by Crippen LogP contribution is 2.21. The molecule has 0 radical (unpaired) electrons. The predicted octanol–water partition coefficient (Wildman–Crippen LogP) is 2.45. The van der Waals surface area contributed by atoms with Crippen molar-refractivity contribution in [3.63, 3.8) is 0 Å². The number of aliphatic hydroxyl groups excluding tert-OH is 1. The second-order valence-electron chi connectivity index (χ2n) is 5.28. The molecule has 0 aliphatic carbocycles. The third-order valence-electron chi connectivity index (χ3n) is 2.79. The molecule has 0 spiro atoms. The van der Waals surface area contributed by atoms with Crippen molar-refractivity contribution in [1.82, 2.24) is 0 Å². The second-order valence-corrected chi connectivity index (χ2v) is 5.28. The molecule has 0 aliphatic heterocycles. The Morgan fingerprint density at radius 2 is 2.00 bits per heavy atom. The van der Waals surface area contributed by atoms with Crippen molar-refractivity contribution in [1.29, 1.82) is 0 Å². The first-order valence-electron chi connectivity index (χ1n) is 6.34. The molecule has 0 aromatic rings. The first-order chi connectivity index (χ1) is 7.87. The molecule has 0 heterocycles.